The van der Waals surface area contributed by atoms with E-state index >= 15 is 0 Å². The van der Waals surface area contributed by atoms with Crippen molar-refractivity contribution in [2.45, 2.75) is 39.9 Å². The van der Waals surface area contributed by atoms with Gasteiger partial charge in [-0.25, -0.2) is 0 Å². The van der Waals surface area contributed by atoms with Crippen molar-refractivity contribution in [1.82, 2.24) is 0 Å². The van der Waals surface area contributed by atoms with Gasteiger partial charge in [0.15, 0.2) is 0 Å². The molecule has 0 spiro atoms. The molecule has 0 amide bonds. The number of carbonyl (C=O) groups is 1. The van der Waals surface area contributed by atoms with Crippen molar-refractivity contribution in [2.24, 2.45) is 0 Å². The monoisotopic (exact) mass is 288 g/mol. The standard InChI is InChI=1S/C17H24O2Si/c1-6-16(15-10-8-7-9-11-15)17(19-14(2)18)12-13-20(3,4)5/h7-13H,6H2,1-5H3/b13-12-,17-16-. The summed E-state index contributed by atoms with van der Waals surface area (Å²) in [6.45, 7) is 10.3. The van der Waals surface area contributed by atoms with E-state index in [-0.39, 0.29) is 5.97 Å². The van der Waals surface area contributed by atoms with Crippen LogP contribution in [0.1, 0.15) is 25.8 Å². The van der Waals surface area contributed by atoms with Gasteiger partial charge in [-0.05, 0) is 18.1 Å². The first-order valence-electron chi connectivity index (χ1n) is 6.99. The fourth-order valence-corrected chi connectivity index (χ4v) is 2.49. The van der Waals surface area contributed by atoms with Crippen molar-refractivity contribution in [2.75, 3.05) is 0 Å². The SMILES string of the molecule is CC/C(=C(\C=C/[Si](C)(C)C)OC(C)=O)c1ccccc1. The smallest absolute Gasteiger partial charge is 0.308 e. The lowest BCUT2D eigenvalue weighted by molar-refractivity contribution is -0.136. The summed E-state index contributed by atoms with van der Waals surface area (Å²) >= 11 is 0. The predicted molar refractivity (Wildman–Crippen MR) is 87.9 cm³/mol. The lowest BCUT2D eigenvalue weighted by atomic mass is 10.0. The van der Waals surface area contributed by atoms with Crippen molar-refractivity contribution < 1.29 is 9.53 Å². The molecule has 1 rings (SSSR count). The molecule has 108 valence electrons. The molecule has 0 bridgehead atoms. The minimum Gasteiger partial charge on any atom is -0.426 e. The fraction of sp³-hybridized carbons (Fsp3) is 0.353. The maximum atomic E-state index is 11.4. The van der Waals surface area contributed by atoms with Gasteiger partial charge in [-0.15, -0.1) is 0 Å². The lowest BCUT2D eigenvalue weighted by Gasteiger charge is -2.13. The molecular formula is C17H24O2Si. The number of benzene rings is 1. The van der Waals surface area contributed by atoms with E-state index in [4.69, 9.17) is 4.74 Å². The van der Waals surface area contributed by atoms with E-state index in [0.717, 1.165) is 17.6 Å². The molecule has 0 unspecified atom stereocenters. The fourth-order valence-electron chi connectivity index (χ4n) is 1.84. The quantitative estimate of drug-likeness (QED) is 0.336. The van der Waals surface area contributed by atoms with Crippen molar-refractivity contribution >= 4 is 19.6 Å². The second kappa shape index (κ2) is 7.24. The Labute approximate surface area is 123 Å². The number of rotatable bonds is 5. The summed E-state index contributed by atoms with van der Waals surface area (Å²) in [4.78, 5) is 11.4. The van der Waals surface area contributed by atoms with E-state index in [9.17, 15) is 4.79 Å². The van der Waals surface area contributed by atoms with Crippen LogP contribution in [0.2, 0.25) is 19.6 Å². The lowest BCUT2D eigenvalue weighted by Crippen LogP contribution is -2.16. The van der Waals surface area contributed by atoms with Gasteiger partial charge in [0.05, 0.1) is 8.07 Å². The van der Waals surface area contributed by atoms with E-state index in [1.54, 1.807) is 0 Å². The van der Waals surface area contributed by atoms with Crippen LogP contribution in [0.15, 0.2) is 47.9 Å². The molecular weight excluding hydrogens is 264 g/mol. The molecule has 0 atom stereocenters. The third kappa shape index (κ3) is 5.57. The van der Waals surface area contributed by atoms with Gasteiger partial charge in [0.2, 0.25) is 0 Å². The summed E-state index contributed by atoms with van der Waals surface area (Å²) in [6.07, 6.45) is 2.79. The van der Waals surface area contributed by atoms with Crippen molar-refractivity contribution in [3.8, 4) is 0 Å². The van der Waals surface area contributed by atoms with Crippen LogP contribution in [0.3, 0.4) is 0 Å². The average molecular weight is 288 g/mol. The molecule has 3 heteroatoms. The maximum absolute atomic E-state index is 11.4. The highest BCUT2D eigenvalue weighted by Gasteiger charge is 2.12. The molecule has 0 aromatic heterocycles. The summed E-state index contributed by atoms with van der Waals surface area (Å²) in [5.41, 5.74) is 4.37. The van der Waals surface area contributed by atoms with Crippen LogP contribution in [-0.4, -0.2) is 14.0 Å². The van der Waals surface area contributed by atoms with Gasteiger partial charge in [-0.3, -0.25) is 4.79 Å². The first-order valence-corrected chi connectivity index (χ1v) is 10.6. The molecule has 0 saturated carbocycles. The molecule has 0 N–H and O–H groups in total. The van der Waals surface area contributed by atoms with Gasteiger partial charge in [0.1, 0.15) is 5.76 Å². The first-order chi connectivity index (χ1) is 9.33. The van der Waals surface area contributed by atoms with Crippen LogP contribution >= 0.6 is 0 Å². The highest BCUT2D eigenvalue weighted by molar-refractivity contribution is 6.81. The summed E-state index contributed by atoms with van der Waals surface area (Å²) in [6, 6.07) is 10.1. The van der Waals surface area contributed by atoms with Crippen LogP contribution in [-0.2, 0) is 9.53 Å². The number of allylic oxidation sites excluding steroid dienone is 2. The number of carbonyl (C=O) groups excluding carboxylic acids is 1. The van der Waals surface area contributed by atoms with E-state index in [1.807, 2.05) is 36.4 Å². The Kier molecular flexibility index (Phi) is 5.96. The van der Waals surface area contributed by atoms with Gasteiger partial charge < -0.3 is 4.74 Å². The van der Waals surface area contributed by atoms with Crippen molar-refractivity contribution in [3.63, 3.8) is 0 Å². The molecule has 0 radical (unpaired) electrons. The Morgan fingerprint density at radius 1 is 1.20 bits per heavy atom. The zero-order valence-electron chi connectivity index (χ0n) is 13.1. The molecule has 1 aromatic rings. The number of esters is 1. The summed E-state index contributed by atoms with van der Waals surface area (Å²) in [7, 11) is -1.34. The highest BCUT2D eigenvalue weighted by Crippen LogP contribution is 2.24. The Hall–Kier alpha value is -1.61. The molecule has 20 heavy (non-hydrogen) atoms. The second-order valence-electron chi connectivity index (χ2n) is 5.86. The molecule has 1 aromatic carbocycles. The Bertz CT molecular complexity index is 508. The minimum atomic E-state index is -1.34. The summed E-state index contributed by atoms with van der Waals surface area (Å²) in [5.74, 6) is 0.399. The highest BCUT2D eigenvalue weighted by atomic mass is 28.3. The molecule has 0 aliphatic carbocycles. The van der Waals surface area contributed by atoms with Crippen LogP contribution in [0.25, 0.3) is 5.57 Å². The normalized spacial score (nSPS) is 13.2. The summed E-state index contributed by atoms with van der Waals surface area (Å²) in [5, 5.41) is 0. The van der Waals surface area contributed by atoms with Crippen LogP contribution in [0, 0.1) is 0 Å². The topological polar surface area (TPSA) is 26.3 Å². The minimum absolute atomic E-state index is 0.276. The average Bonchev–Trinajstić information content (AvgIpc) is 2.36. The molecule has 0 aliphatic heterocycles. The van der Waals surface area contributed by atoms with Crippen LogP contribution < -0.4 is 0 Å². The van der Waals surface area contributed by atoms with Crippen molar-refractivity contribution in [1.29, 1.82) is 0 Å². The molecule has 0 aliphatic rings. The third-order valence-electron chi connectivity index (χ3n) is 2.76. The first kappa shape index (κ1) is 16.4. The van der Waals surface area contributed by atoms with Gasteiger partial charge >= 0.3 is 5.97 Å². The number of hydrogen-bond donors (Lipinski definition) is 0. The second-order valence-corrected chi connectivity index (χ2v) is 10.9. The van der Waals surface area contributed by atoms with Gasteiger partial charge in [0.25, 0.3) is 0 Å². The Morgan fingerprint density at radius 3 is 2.25 bits per heavy atom. The van der Waals surface area contributed by atoms with E-state index in [1.165, 1.54) is 6.92 Å². The van der Waals surface area contributed by atoms with Gasteiger partial charge in [-0.2, -0.15) is 0 Å². The largest absolute Gasteiger partial charge is 0.426 e. The van der Waals surface area contributed by atoms with Crippen LogP contribution in [0.5, 0.6) is 0 Å². The zero-order chi connectivity index (χ0) is 15.2. The predicted octanol–water partition coefficient (Wildman–Crippen LogP) is 4.80. The molecule has 2 nitrogen and oxygen atoms in total. The Morgan fingerprint density at radius 2 is 1.80 bits per heavy atom. The third-order valence-corrected chi connectivity index (χ3v) is 3.93. The number of hydrogen-bond acceptors (Lipinski definition) is 2. The molecule has 0 fully saturated rings. The zero-order valence-corrected chi connectivity index (χ0v) is 14.1. The molecule has 0 saturated heterocycles. The summed E-state index contributed by atoms with van der Waals surface area (Å²) < 4.78 is 5.43. The molecule has 0 heterocycles. The van der Waals surface area contributed by atoms with E-state index in [0.29, 0.717) is 5.76 Å². The van der Waals surface area contributed by atoms with E-state index in [2.05, 4.69) is 32.3 Å². The van der Waals surface area contributed by atoms with Gasteiger partial charge in [0, 0.05) is 12.5 Å². The van der Waals surface area contributed by atoms with Crippen molar-refractivity contribution in [3.05, 3.63) is 53.4 Å². The Balaban J connectivity index is 3.26. The van der Waals surface area contributed by atoms with Crippen LogP contribution in [0.4, 0.5) is 0 Å². The number of ether oxygens (including phenoxy) is 1. The van der Waals surface area contributed by atoms with E-state index < -0.39 is 8.07 Å². The maximum Gasteiger partial charge on any atom is 0.308 e. The van der Waals surface area contributed by atoms with Gasteiger partial charge in [-0.1, -0.05) is 62.6 Å².